The van der Waals surface area contributed by atoms with Crippen molar-refractivity contribution in [3.05, 3.63) is 47.5 Å². The fourth-order valence-electron chi connectivity index (χ4n) is 3.25. The molecule has 0 atom stereocenters. The minimum atomic E-state index is -3.75. The second-order valence-corrected chi connectivity index (χ2v) is 8.69. The van der Waals surface area contributed by atoms with Crippen LogP contribution in [0.3, 0.4) is 0 Å². The van der Waals surface area contributed by atoms with Crippen molar-refractivity contribution in [1.82, 2.24) is 4.72 Å². The van der Waals surface area contributed by atoms with E-state index in [4.69, 9.17) is 9.47 Å². The van der Waals surface area contributed by atoms with Crippen LogP contribution in [0.4, 0.5) is 5.69 Å². The molecule has 0 unspecified atom stereocenters. The van der Waals surface area contributed by atoms with Crippen molar-refractivity contribution < 1.29 is 22.7 Å². The average molecular weight is 419 g/mol. The number of ether oxygens (including phenoxy) is 2. The number of methoxy groups -OCH3 is 1. The molecule has 3 rings (SSSR count). The van der Waals surface area contributed by atoms with Crippen LogP contribution in [-0.4, -0.2) is 41.1 Å². The van der Waals surface area contributed by atoms with E-state index in [2.05, 4.69) is 4.72 Å². The largest absolute Gasteiger partial charge is 0.495 e. The summed E-state index contributed by atoms with van der Waals surface area (Å²) in [5, 5.41) is 0. The summed E-state index contributed by atoms with van der Waals surface area (Å²) in [6.07, 6.45) is 1.20. The van der Waals surface area contributed by atoms with E-state index in [1.165, 1.54) is 19.2 Å². The first-order valence-electron chi connectivity index (χ1n) is 9.50. The van der Waals surface area contributed by atoms with Gasteiger partial charge < -0.3 is 14.4 Å². The summed E-state index contributed by atoms with van der Waals surface area (Å²) in [5.41, 5.74) is 2.63. The molecule has 156 valence electrons. The molecule has 1 aliphatic rings. The number of hydrogen-bond acceptors (Lipinski definition) is 5. The molecule has 7 nitrogen and oxygen atoms in total. The van der Waals surface area contributed by atoms with Crippen LogP contribution in [0.1, 0.15) is 24.0 Å². The number of anilines is 1. The third-order valence-corrected chi connectivity index (χ3v) is 6.49. The van der Waals surface area contributed by atoms with Crippen molar-refractivity contribution >= 4 is 21.6 Å². The molecule has 0 aromatic heterocycles. The summed E-state index contributed by atoms with van der Waals surface area (Å²) in [6.45, 7) is 4.84. The maximum absolute atomic E-state index is 12.7. The molecule has 0 saturated carbocycles. The first-order chi connectivity index (χ1) is 13.8. The summed E-state index contributed by atoms with van der Waals surface area (Å²) < 4.78 is 39.0. The molecule has 1 heterocycles. The standard InChI is InChI=1S/C21H26N2O5S/c1-15-6-4-7-19(16(15)2)28-13-11-22-29(25,26)17-9-10-20(27-3)18(14-17)23-12-5-8-21(23)24/h4,6-7,9-10,14,22H,5,8,11-13H2,1-3H3. The number of amides is 1. The Hall–Kier alpha value is -2.58. The van der Waals surface area contributed by atoms with Gasteiger partial charge in [0.25, 0.3) is 0 Å². The highest BCUT2D eigenvalue weighted by molar-refractivity contribution is 7.89. The quantitative estimate of drug-likeness (QED) is 0.667. The Kier molecular flexibility index (Phi) is 6.44. The predicted molar refractivity (Wildman–Crippen MR) is 111 cm³/mol. The van der Waals surface area contributed by atoms with Gasteiger partial charge in [0, 0.05) is 19.5 Å². The topological polar surface area (TPSA) is 84.9 Å². The Morgan fingerprint density at radius 1 is 1.14 bits per heavy atom. The van der Waals surface area contributed by atoms with E-state index >= 15 is 0 Å². The van der Waals surface area contributed by atoms with Gasteiger partial charge in [0.2, 0.25) is 15.9 Å². The van der Waals surface area contributed by atoms with E-state index in [0.29, 0.717) is 24.4 Å². The van der Waals surface area contributed by atoms with Crippen molar-refractivity contribution in [2.45, 2.75) is 31.6 Å². The highest BCUT2D eigenvalue weighted by atomic mass is 32.2. The lowest BCUT2D eigenvalue weighted by molar-refractivity contribution is -0.117. The number of hydrogen-bond donors (Lipinski definition) is 1. The van der Waals surface area contributed by atoms with E-state index < -0.39 is 10.0 Å². The molecule has 2 aromatic carbocycles. The van der Waals surface area contributed by atoms with E-state index in [1.807, 2.05) is 32.0 Å². The molecule has 1 amide bonds. The number of aryl methyl sites for hydroxylation is 1. The van der Waals surface area contributed by atoms with Crippen LogP contribution in [0.15, 0.2) is 41.3 Å². The first kappa shape index (κ1) is 21.1. The maximum Gasteiger partial charge on any atom is 0.240 e. The Morgan fingerprint density at radius 2 is 1.93 bits per heavy atom. The van der Waals surface area contributed by atoms with Gasteiger partial charge in [-0.1, -0.05) is 12.1 Å². The molecule has 0 spiro atoms. The molecular weight excluding hydrogens is 392 g/mol. The van der Waals surface area contributed by atoms with Crippen LogP contribution in [-0.2, 0) is 14.8 Å². The van der Waals surface area contributed by atoms with Gasteiger partial charge >= 0.3 is 0 Å². The van der Waals surface area contributed by atoms with Gasteiger partial charge in [0.15, 0.2) is 0 Å². The molecule has 8 heteroatoms. The van der Waals surface area contributed by atoms with Crippen molar-refractivity contribution in [2.75, 3.05) is 31.7 Å². The van der Waals surface area contributed by atoms with Gasteiger partial charge in [0.05, 0.1) is 17.7 Å². The fraction of sp³-hybridized carbons (Fsp3) is 0.381. The Labute approximate surface area is 171 Å². The van der Waals surface area contributed by atoms with E-state index in [9.17, 15) is 13.2 Å². The van der Waals surface area contributed by atoms with Gasteiger partial charge in [-0.15, -0.1) is 0 Å². The van der Waals surface area contributed by atoms with Gasteiger partial charge in [-0.2, -0.15) is 0 Å². The summed E-state index contributed by atoms with van der Waals surface area (Å²) in [7, 11) is -2.25. The summed E-state index contributed by atoms with van der Waals surface area (Å²) in [6, 6.07) is 10.3. The monoisotopic (exact) mass is 418 g/mol. The SMILES string of the molecule is COc1ccc(S(=O)(=O)NCCOc2cccc(C)c2C)cc1N1CCCC1=O. The molecule has 1 saturated heterocycles. The lowest BCUT2D eigenvalue weighted by Gasteiger charge is -2.20. The van der Waals surface area contributed by atoms with Gasteiger partial charge in [0.1, 0.15) is 18.1 Å². The number of carbonyl (C=O) groups is 1. The molecule has 2 aromatic rings. The third-order valence-electron chi connectivity index (χ3n) is 5.03. The van der Waals surface area contributed by atoms with Crippen molar-refractivity contribution in [3.8, 4) is 11.5 Å². The number of nitrogens with one attached hydrogen (secondary N) is 1. The van der Waals surface area contributed by atoms with Gasteiger partial charge in [-0.05, 0) is 55.7 Å². The Balaban J connectivity index is 1.69. The second kappa shape index (κ2) is 8.84. The van der Waals surface area contributed by atoms with Crippen LogP contribution in [0.25, 0.3) is 0 Å². The maximum atomic E-state index is 12.7. The molecule has 0 radical (unpaired) electrons. The van der Waals surface area contributed by atoms with Crippen LogP contribution in [0, 0.1) is 13.8 Å². The number of carbonyl (C=O) groups excluding carboxylic acids is 1. The summed E-state index contributed by atoms with van der Waals surface area (Å²) in [4.78, 5) is 13.7. The molecular formula is C21H26N2O5S. The zero-order valence-corrected chi connectivity index (χ0v) is 17.7. The summed E-state index contributed by atoms with van der Waals surface area (Å²) >= 11 is 0. The minimum absolute atomic E-state index is 0.0345. The fourth-order valence-corrected chi connectivity index (χ4v) is 4.28. The van der Waals surface area contributed by atoms with E-state index in [-0.39, 0.29) is 24.0 Å². The van der Waals surface area contributed by atoms with Crippen LogP contribution >= 0.6 is 0 Å². The number of nitrogens with zero attached hydrogens (tertiary/aromatic N) is 1. The third kappa shape index (κ3) is 4.71. The lowest BCUT2D eigenvalue weighted by atomic mass is 10.1. The zero-order valence-electron chi connectivity index (χ0n) is 16.9. The minimum Gasteiger partial charge on any atom is -0.495 e. The van der Waals surface area contributed by atoms with E-state index in [0.717, 1.165) is 23.3 Å². The number of sulfonamides is 1. The average Bonchev–Trinajstić information content (AvgIpc) is 3.13. The molecule has 0 aliphatic carbocycles. The Morgan fingerprint density at radius 3 is 2.62 bits per heavy atom. The van der Waals surface area contributed by atoms with Gasteiger partial charge in [-0.25, -0.2) is 13.1 Å². The molecule has 1 aliphatic heterocycles. The number of rotatable bonds is 8. The first-order valence-corrected chi connectivity index (χ1v) is 11.0. The normalized spacial score (nSPS) is 14.3. The molecule has 1 fully saturated rings. The van der Waals surface area contributed by atoms with Crippen molar-refractivity contribution in [2.24, 2.45) is 0 Å². The lowest BCUT2D eigenvalue weighted by Crippen LogP contribution is -2.29. The second-order valence-electron chi connectivity index (χ2n) is 6.93. The highest BCUT2D eigenvalue weighted by Gasteiger charge is 2.26. The summed E-state index contributed by atoms with van der Waals surface area (Å²) in [5.74, 6) is 1.17. The smallest absolute Gasteiger partial charge is 0.240 e. The van der Waals surface area contributed by atoms with E-state index in [1.54, 1.807) is 11.0 Å². The highest BCUT2D eigenvalue weighted by Crippen LogP contribution is 2.33. The van der Waals surface area contributed by atoms with Crippen LogP contribution in [0.2, 0.25) is 0 Å². The van der Waals surface area contributed by atoms with Crippen LogP contribution < -0.4 is 19.1 Å². The zero-order chi connectivity index (χ0) is 21.0. The molecule has 0 bridgehead atoms. The molecule has 1 N–H and O–H groups in total. The Bertz CT molecular complexity index is 1000. The number of benzene rings is 2. The predicted octanol–water partition coefficient (Wildman–Crippen LogP) is 2.80. The molecule has 29 heavy (non-hydrogen) atoms. The van der Waals surface area contributed by atoms with Crippen molar-refractivity contribution in [3.63, 3.8) is 0 Å². The van der Waals surface area contributed by atoms with Gasteiger partial charge in [-0.3, -0.25) is 4.79 Å². The van der Waals surface area contributed by atoms with Crippen molar-refractivity contribution in [1.29, 1.82) is 0 Å². The van der Waals surface area contributed by atoms with Crippen LogP contribution in [0.5, 0.6) is 11.5 Å².